The van der Waals surface area contributed by atoms with E-state index in [9.17, 15) is 4.79 Å². The number of pyridine rings is 1. The lowest BCUT2D eigenvalue weighted by Crippen LogP contribution is -1.93. The SMILES string of the molecule is Cc1ccc(/C=C/C(=O)c2sc(-c3cccnc3)nc2C)cc1. The summed E-state index contributed by atoms with van der Waals surface area (Å²) in [6.07, 6.45) is 6.93. The third-order valence-electron chi connectivity index (χ3n) is 3.43. The average Bonchev–Trinajstić information content (AvgIpc) is 2.97. The van der Waals surface area contributed by atoms with Crippen LogP contribution in [-0.4, -0.2) is 15.8 Å². The Morgan fingerprint density at radius 3 is 2.61 bits per heavy atom. The van der Waals surface area contributed by atoms with Crippen LogP contribution in [0.25, 0.3) is 16.6 Å². The molecule has 0 N–H and O–H groups in total. The fraction of sp³-hybridized carbons (Fsp3) is 0.105. The molecular formula is C19H16N2OS. The van der Waals surface area contributed by atoms with Gasteiger partial charge in [-0.15, -0.1) is 11.3 Å². The van der Waals surface area contributed by atoms with Gasteiger partial charge in [-0.05, 0) is 37.6 Å². The highest BCUT2D eigenvalue weighted by Gasteiger charge is 2.14. The minimum Gasteiger partial charge on any atom is -0.288 e. The minimum absolute atomic E-state index is 0.0179. The summed E-state index contributed by atoms with van der Waals surface area (Å²) in [4.78, 5) is 21.7. The number of thiazole rings is 1. The Morgan fingerprint density at radius 2 is 1.91 bits per heavy atom. The van der Waals surface area contributed by atoms with Crippen LogP contribution in [-0.2, 0) is 0 Å². The number of hydrogen-bond acceptors (Lipinski definition) is 4. The second-order valence-corrected chi connectivity index (χ2v) is 6.28. The largest absolute Gasteiger partial charge is 0.288 e. The Hall–Kier alpha value is -2.59. The lowest BCUT2D eigenvalue weighted by atomic mass is 10.1. The maximum atomic E-state index is 12.4. The number of carbonyl (C=O) groups is 1. The highest BCUT2D eigenvalue weighted by molar-refractivity contribution is 7.17. The molecule has 0 amide bonds. The quantitative estimate of drug-likeness (QED) is 0.516. The Kier molecular flexibility index (Phi) is 4.44. The van der Waals surface area contributed by atoms with Crippen LogP contribution < -0.4 is 0 Å². The van der Waals surface area contributed by atoms with Gasteiger partial charge >= 0.3 is 0 Å². The second-order valence-electron chi connectivity index (χ2n) is 5.28. The summed E-state index contributed by atoms with van der Waals surface area (Å²) in [5.41, 5.74) is 3.90. The number of aryl methyl sites for hydroxylation is 2. The predicted octanol–water partition coefficient (Wildman–Crippen LogP) is 4.72. The molecule has 23 heavy (non-hydrogen) atoms. The summed E-state index contributed by atoms with van der Waals surface area (Å²) >= 11 is 1.41. The van der Waals surface area contributed by atoms with E-state index in [1.54, 1.807) is 18.5 Å². The lowest BCUT2D eigenvalue weighted by molar-refractivity contribution is 0.105. The molecule has 0 aliphatic rings. The predicted molar refractivity (Wildman–Crippen MR) is 94.6 cm³/mol. The average molecular weight is 320 g/mol. The van der Waals surface area contributed by atoms with E-state index in [1.807, 2.05) is 56.3 Å². The number of carbonyl (C=O) groups excluding carboxylic acids is 1. The number of ketones is 1. The van der Waals surface area contributed by atoms with E-state index < -0.39 is 0 Å². The van der Waals surface area contributed by atoms with E-state index in [4.69, 9.17) is 0 Å². The van der Waals surface area contributed by atoms with Crippen LogP contribution in [0.4, 0.5) is 0 Å². The van der Waals surface area contributed by atoms with Gasteiger partial charge in [-0.3, -0.25) is 9.78 Å². The highest BCUT2D eigenvalue weighted by atomic mass is 32.1. The van der Waals surface area contributed by atoms with E-state index in [0.29, 0.717) is 4.88 Å². The first-order valence-corrected chi connectivity index (χ1v) is 8.12. The van der Waals surface area contributed by atoms with Gasteiger partial charge in [-0.25, -0.2) is 4.98 Å². The van der Waals surface area contributed by atoms with Crippen LogP contribution in [0.5, 0.6) is 0 Å². The maximum absolute atomic E-state index is 12.4. The fourth-order valence-corrected chi connectivity index (χ4v) is 3.14. The van der Waals surface area contributed by atoms with Gasteiger partial charge in [0.15, 0.2) is 5.78 Å². The zero-order valence-electron chi connectivity index (χ0n) is 13.0. The lowest BCUT2D eigenvalue weighted by Gasteiger charge is -1.95. The summed E-state index contributed by atoms with van der Waals surface area (Å²) in [5, 5.41) is 0.822. The van der Waals surface area contributed by atoms with Gasteiger partial charge in [-0.1, -0.05) is 35.9 Å². The van der Waals surface area contributed by atoms with Gasteiger partial charge in [0, 0.05) is 18.0 Å². The van der Waals surface area contributed by atoms with Crippen molar-refractivity contribution in [1.29, 1.82) is 0 Å². The summed E-state index contributed by atoms with van der Waals surface area (Å²) in [5.74, 6) is -0.0179. The van der Waals surface area contributed by atoms with Crippen LogP contribution in [0, 0.1) is 13.8 Å². The third-order valence-corrected chi connectivity index (χ3v) is 4.65. The zero-order chi connectivity index (χ0) is 16.2. The van der Waals surface area contributed by atoms with Gasteiger partial charge in [0.25, 0.3) is 0 Å². The fourth-order valence-electron chi connectivity index (χ4n) is 2.16. The van der Waals surface area contributed by atoms with E-state index >= 15 is 0 Å². The Morgan fingerprint density at radius 1 is 1.13 bits per heavy atom. The first-order valence-electron chi connectivity index (χ1n) is 7.30. The molecule has 4 heteroatoms. The maximum Gasteiger partial charge on any atom is 0.197 e. The molecule has 0 radical (unpaired) electrons. The van der Waals surface area contributed by atoms with E-state index in [1.165, 1.54) is 16.9 Å². The Labute approximate surface area is 139 Å². The van der Waals surface area contributed by atoms with Crippen LogP contribution in [0.2, 0.25) is 0 Å². The van der Waals surface area contributed by atoms with E-state index in [2.05, 4.69) is 9.97 Å². The monoisotopic (exact) mass is 320 g/mol. The zero-order valence-corrected chi connectivity index (χ0v) is 13.8. The van der Waals surface area contributed by atoms with Crippen molar-refractivity contribution in [3.8, 4) is 10.6 Å². The van der Waals surface area contributed by atoms with Gasteiger partial charge < -0.3 is 0 Å². The van der Waals surface area contributed by atoms with Crippen LogP contribution in [0.1, 0.15) is 26.5 Å². The van der Waals surface area contributed by atoms with Gasteiger partial charge in [0.05, 0.1) is 10.6 Å². The van der Waals surface area contributed by atoms with Gasteiger partial charge in [0.1, 0.15) is 5.01 Å². The van der Waals surface area contributed by atoms with Crippen LogP contribution in [0.3, 0.4) is 0 Å². The van der Waals surface area contributed by atoms with Crippen LogP contribution >= 0.6 is 11.3 Å². The molecule has 2 aromatic heterocycles. The molecule has 3 nitrogen and oxygen atoms in total. The normalized spacial score (nSPS) is 11.0. The molecular weight excluding hydrogens is 304 g/mol. The minimum atomic E-state index is -0.0179. The van der Waals surface area contributed by atoms with E-state index in [0.717, 1.165) is 21.8 Å². The Bertz CT molecular complexity index is 849. The molecule has 114 valence electrons. The third kappa shape index (κ3) is 3.60. The molecule has 0 atom stereocenters. The van der Waals surface area contributed by atoms with Gasteiger partial charge in [0.2, 0.25) is 0 Å². The standard InChI is InChI=1S/C19H16N2OS/c1-13-5-7-15(8-6-13)9-10-17(22)18-14(2)21-19(23-18)16-4-3-11-20-12-16/h3-12H,1-2H3/b10-9+. The molecule has 0 aliphatic heterocycles. The summed E-state index contributed by atoms with van der Waals surface area (Å²) in [6.45, 7) is 3.91. The molecule has 3 aromatic rings. The number of allylic oxidation sites excluding steroid dienone is 1. The van der Waals surface area contributed by atoms with Crippen molar-refractivity contribution in [1.82, 2.24) is 9.97 Å². The van der Waals surface area contributed by atoms with Crippen LogP contribution in [0.15, 0.2) is 54.9 Å². The number of nitrogens with zero attached hydrogens (tertiary/aromatic N) is 2. The topological polar surface area (TPSA) is 42.9 Å². The highest BCUT2D eigenvalue weighted by Crippen LogP contribution is 2.27. The molecule has 3 rings (SSSR count). The van der Waals surface area contributed by atoms with Crippen molar-refractivity contribution >= 4 is 23.2 Å². The van der Waals surface area contributed by atoms with Crippen molar-refractivity contribution in [2.75, 3.05) is 0 Å². The van der Waals surface area contributed by atoms with Crippen molar-refractivity contribution in [3.63, 3.8) is 0 Å². The molecule has 0 unspecified atom stereocenters. The smallest absolute Gasteiger partial charge is 0.197 e. The Balaban J connectivity index is 1.83. The number of rotatable bonds is 4. The van der Waals surface area contributed by atoms with Crippen molar-refractivity contribution in [2.24, 2.45) is 0 Å². The van der Waals surface area contributed by atoms with Crippen molar-refractivity contribution < 1.29 is 4.79 Å². The molecule has 0 bridgehead atoms. The summed E-state index contributed by atoms with van der Waals surface area (Å²) in [7, 11) is 0. The van der Waals surface area contributed by atoms with Gasteiger partial charge in [-0.2, -0.15) is 0 Å². The van der Waals surface area contributed by atoms with Crippen molar-refractivity contribution in [2.45, 2.75) is 13.8 Å². The first kappa shape index (κ1) is 15.3. The number of benzene rings is 1. The molecule has 2 heterocycles. The number of hydrogen-bond donors (Lipinski definition) is 0. The summed E-state index contributed by atoms with van der Waals surface area (Å²) in [6, 6.07) is 11.9. The summed E-state index contributed by atoms with van der Waals surface area (Å²) < 4.78 is 0. The molecule has 0 spiro atoms. The molecule has 0 fully saturated rings. The molecule has 0 saturated heterocycles. The van der Waals surface area contributed by atoms with E-state index in [-0.39, 0.29) is 5.78 Å². The van der Waals surface area contributed by atoms with Crippen molar-refractivity contribution in [3.05, 3.63) is 76.6 Å². The molecule has 0 saturated carbocycles. The second kappa shape index (κ2) is 6.67. The molecule has 1 aromatic carbocycles. The number of aromatic nitrogens is 2. The first-order chi connectivity index (χ1) is 11.1. The molecule has 0 aliphatic carbocycles.